The average molecular weight is 268 g/mol. The summed E-state index contributed by atoms with van der Waals surface area (Å²) in [4.78, 5) is 27.2. The maximum absolute atomic E-state index is 13.6. The van der Waals surface area contributed by atoms with E-state index in [9.17, 15) is 14.0 Å². The molecule has 1 aromatic rings. The first-order valence-electron chi connectivity index (χ1n) is 5.15. The molecule has 0 unspecified atom stereocenters. The maximum Gasteiger partial charge on any atom is 0.326 e. The van der Waals surface area contributed by atoms with Crippen LogP contribution in [0.25, 0.3) is 0 Å². The minimum atomic E-state index is -0.867. The number of halogens is 1. The molecule has 0 aromatic heterocycles. The Labute approximate surface area is 109 Å². The number of carbonyl (C=O) groups is 2. The fourth-order valence-electron chi connectivity index (χ4n) is 1.31. The van der Waals surface area contributed by atoms with Crippen molar-refractivity contribution in [3.05, 3.63) is 29.6 Å². The van der Waals surface area contributed by atoms with Gasteiger partial charge in [0, 0.05) is 0 Å². The van der Waals surface area contributed by atoms with Gasteiger partial charge in [-0.05, 0) is 12.1 Å². The molecule has 0 aliphatic heterocycles. The lowest BCUT2D eigenvalue weighted by atomic mass is 9.88. The van der Waals surface area contributed by atoms with Crippen LogP contribution >= 0.6 is 0 Å². The topological polar surface area (TPSA) is 105 Å². The van der Waals surface area contributed by atoms with Gasteiger partial charge < -0.3 is 5.02 Å². The molecule has 0 spiro atoms. The number of hydrogen-bond acceptors (Lipinski definition) is 5. The van der Waals surface area contributed by atoms with Gasteiger partial charge >= 0.3 is 7.48 Å². The van der Waals surface area contributed by atoms with Crippen LogP contribution in [0.4, 0.5) is 4.39 Å². The standard InChI is InChI=1S/C10H12BFN3O4/c1-19-14-9(16)5-15(13)10(17)7-3-2-6(11-18)4-8(7)12/h2-4,18H,5,13H2,1H3,(H,14,16). The van der Waals surface area contributed by atoms with Crippen LogP contribution < -0.4 is 16.8 Å². The Balaban J connectivity index is 2.79. The Hall–Kier alpha value is -1.97. The van der Waals surface area contributed by atoms with Crippen molar-refractivity contribution < 1.29 is 23.8 Å². The minimum absolute atomic E-state index is 0.203. The van der Waals surface area contributed by atoms with Crippen LogP contribution in [0.5, 0.6) is 0 Å². The van der Waals surface area contributed by atoms with Crippen LogP contribution in [0.15, 0.2) is 18.2 Å². The van der Waals surface area contributed by atoms with Gasteiger partial charge in [0.05, 0.1) is 12.7 Å². The number of nitrogens with two attached hydrogens (primary N) is 1. The van der Waals surface area contributed by atoms with Gasteiger partial charge in [0.15, 0.2) is 0 Å². The summed E-state index contributed by atoms with van der Waals surface area (Å²) in [6.45, 7) is -0.486. The molecule has 0 fully saturated rings. The van der Waals surface area contributed by atoms with Crippen molar-refractivity contribution in [3.8, 4) is 0 Å². The molecule has 1 rings (SSSR count). The quantitative estimate of drug-likeness (QED) is 0.249. The summed E-state index contributed by atoms with van der Waals surface area (Å²) in [6.07, 6.45) is 0. The monoisotopic (exact) mass is 268 g/mol. The van der Waals surface area contributed by atoms with Crippen molar-refractivity contribution in [2.24, 2.45) is 5.84 Å². The second-order valence-corrected chi connectivity index (χ2v) is 3.53. The highest BCUT2D eigenvalue weighted by molar-refractivity contribution is 6.45. The van der Waals surface area contributed by atoms with Crippen molar-refractivity contribution in [2.75, 3.05) is 13.7 Å². The molecule has 0 saturated heterocycles. The van der Waals surface area contributed by atoms with Crippen LogP contribution in [-0.2, 0) is 9.63 Å². The molecule has 7 nitrogen and oxygen atoms in total. The van der Waals surface area contributed by atoms with E-state index >= 15 is 0 Å². The fourth-order valence-corrected chi connectivity index (χ4v) is 1.31. The first-order chi connectivity index (χ1) is 8.99. The predicted octanol–water partition coefficient (Wildman–Crippen LogP) is -1.94. The van der Waals surface area contributed by atoms with Gasteiger partial charge in [-0.15, -0.1) is 0 Å². The summed E-state index contributed by atoms with van der Waals surface area (Å²) in [6, 6.07) is 3.46. The van der Waals surface area contributed by atoms with E-state index in [0.29, 0.717) is 12.5 Å². The lowest BCUT2D eigenvalue weighted by molar-refractivity contribution is -0.132. The van der Waals surface area contributed by atoms with E-state index in [2.05, 4.69) is 4.84 Å². The molecular formula is C10H12BFN3O4. The molecule has 9 heteroatoms. The highest BCUT2D eigenvalue weighted by Crippen LogP contribution is 2.07. The second kappa shape index (κ2) is 6.83. The van der Waals surface area contributed by atoms with Crippen LogP contribution in [0.2, 0.25) is 0 Å². The van der Waals surface area contributed by atoms with Crippen molar-refractivity contribution in [2.45, 2.75) is 0 Å². The largest absolute Gasteiger partial charge is 0.450 e. The lowest BCUT2D eigenvalue weighted by Gasteiger charge is -2.16. The van der Waals surface area contributed by atoms with E-state index in [4.69, 9.17) is 10.9 Å². The van der Waals surface area contributed by atoms with Gasteiger partial charge in [0.25, 0.3) is 11.8 Å². The SMILES string of the molecule is CONC(=O)CN(N)C(=O)c1ccc([B]O)cc1F. The van der Waals surface area contributed by atoms with Gasteiger partial charge in [0.1, 0.15) is 12.4 Å². The molecule has 1 radical (unpaired) electrons. The average Bonchev–Trinajstić information content (AvgIpc) is 2.37. The Morgan fingerprint density at radius 1 is 1.58 bits per heavy atom. The third-order valence-corrected chi connectivity index (χ3v) is 2.16. The van der Waals surface area contributed by atoms with Crippen LogP contribution in [0.3, 0.4) is 0 Å². The van der Waals surface area contributed by atoms with E-state index < -0.39 is 24.2 Å². The Morgan fingerprint density at radius 3 is 2.79 bits per heavy atom. The zero-order valence-electron chi connectivity index (χ0n) is 10.1. The summed E-state index contributed by atoms with van der Waals surface area (Å²) in [5.74, 6) is 2.99. The zero-order valence-corrected chi connectivity index (χ0v) is 10.1. The molecule has 4 N–H and O–H groups in total. The molecule has 0 saturated carbocycles. The molecule has 2 amide bonds. The third kappa shape index (κ3) is 4.02. The number of carbonyl (C=O) groups excluding carboxylic acids is 2. The molecule has 0 aliphatic rings. The molecule has 1 aromatic carbocycles. The van der Waals surface area contributed by atoms with Crippen molar-refractivity contribution in [3.63, 3.8) is 0 Å². The van der Waals surface area contributed by atoms with Gasteiger partial charge in [-0.2, -0.15) is 0 Å². The van der Waals surface area contributed by atoms with Crippen molar-refractivity contribution >= 4 is 24.8 Å². The number of benzene rings is 1. The van der Waals surface area contributed by atoms with Gasteiger partial charge in [-0.25, -0.2) is 15.7 Å². The van der Waals surface area contributed by atoms with Crippen LogP contribution in [0, 0.1) is 5.82 Å². The Bertz CT molecular complexity index is 486. The van der Waals surface area contributed by atoms with Crippen molar-refractivity contribution in [1.29, 1.82) is 0 Å². The first kappa shape index (κ1) is 15.1. The molecule has 0 bridgehead atoms. The molecule has 0 aliphatic carbocycles. The smallest absolute Gasteiger partial charge is 0.326 e. The third-order valence-electron chi connectivity index (χ3n) is 2.16. The number of hydroxylamine groups is 1. The summed E-state index contributed by atoms with van der Waals surface area (Å²) < 4.78 is 13.6. The van der Waals surface area contributed by atoms with Gasteiger partial charge in [-0.3, -0.25) is 19.4 Å². The number of hydrogen-bond donors (Lipinski definition) is 3. The van der Waals surface area contributed by atoms with E-state index in [1.54, 1.807) is 0 Å². The number of rotatable bonds is 5. The normalized spacial score (nSPS) is 9.89. The minimum Gasteiger partial charge on any atom is -0.450 e. The molecule has 19 heavy (non-hydrogen) atoms. The maximum atomic E-state index is 13.6. The predicted molar refractivity (Wildman–Crippen MR) is 64.4 cm³/mol. The molecule has 0 atom stereocenters. The zero-order chi connectivity index (χ0) is 14.4. The molecular weight excluding hydrogens is 256 g/mol. The van der Waals surface area contributed by atoms with E-state index in [-0.39, 0.29) is 11.0 Å². The highest BCUT2D eigenvalue weighted by Gasteiger charge is 2.19. The number of nitrogens with one attached hydrogen (secondary N) is 1. The van der Waals surface area contributed by atoms with Gasteiger partial charge in [0.2, 0.25) is 0 Å². The van der Waals surface area contributed by atoms with E-state index in [1.165, 1.54) is 13.2 Å². The fraction of sp³-hybridized carbons (Fsp3) is 0.200. The van der Waals surface area contributed by atoms with Crippen molar-refractivity contribution in [1.82, 2.24) is 10.5 Å². The van der Waals surface area contributed by atoms with E-state index in [0.717, 1.165) is 12.1 Å². The lowest BCUT2D eigenvalue weighted by Crippen LogP contribution is -2.45. The molecule has 0 heterocycles. The first-order valence-corrected chi connectivity index (χ1v) is 5.15. The van der Waals surface area contributed by atoms with Crippen LogP contribution in [0.1, 0.15) is 10.4 Å². The summed E-state index contributed by atoms with van der Waals surface area (Å²) in [5.41, 5.74) is 1.87. The number of amides is 2. The van der Waals surface area contributed by atoms with E-state index in [1.807, 2.05) is 5.48 Å². The number of hydrazine groups is 1. The van der Waals surface area contributed by atoms with Crippen LogP contribution in [-0.4, -0.2) is 43.0 Å². The Kier molecular flexibility index (Phi) is 5.43. The van der Waals surface area contributed by atoms with Gasteiger partial charge in [-0.1, -0.05) is 11.5 Å². The highest BCUT2D eigenvalue weighted by atomic mass is 19.1. The summed E-state index contributed by atoms with van der Waals surface area (Å²) in [5, 5.41) is 9.25. The molecule has 101 valence electrons. The Morgan fingerprint density at radius 2 is 2.26 bits per heavy atom. The summed E-state index contributed by atoms with van der Waals surface area (Å²) in [7, 11) is 1.92. The second-order valence-electron chi connectivity index (χ2n) is 3.53. The number of nitrogens with zero attached hydrogens (tertiary/aromatic N) is 1. The summed E-state index contributed by atoms with van der Waals surface area (Å²) >= 11 is 0.